The maximum atomic E-state index is 13.1. The molecule has 0 saturated carbocycles. The predicted molar refractivity (Wildman–Crippen MR) is 119 cm³/mol. The van der Waals surface area contributed by atoms with E-state index in [1.807, 2.05) is 24.3 Å². The van der Waals surface area contributed by atoms with Crippen LogP contribution in [0.3, 0.4) is 0 Å². The van der Waals surface area contributed by atoms with E-state index in [0.717, 1.165) is 18.8 Å². The third kappa shape index (κ3) is 4.43. The first-order valence-corrected chi connectivity index (χ1v) is 10.7. The van der Waals surface area contributed by atoms with Crippen LogP contribution in [0, 0.1) is 0 Å². The Bertz CT molecular complexity index is 987. The molecule has 2 heterocycles. The van der Waals surface area contributed by atoms with Crippen molar-refractivity contribution in [2.75, 3.05) is 42.6 Å². The van der Waals surface area contributed by atoms with Crippen LogP contribution in [0.1, 0.15) is 23.7 Å². The zero-order chi connectivity index (χ0) is 22.0. The van der Waals surface area contributed by atoms with E-state index in [9.17, 15) is 14.4 Å². The van der Waals surface area contributed by atoms with E-state index in [2.05, 4.69) is 9.80 Å². The minimum atomic E-state index is -0.459. The minimum Gasteiger partial charge on any atom is -0.462 e. The number of benzene rings is 2. The number of halogens is 1. The van der Waals surface area contributed by atoms with Gasteiger partial charge in [-0.2, -0.15) is 0 Å². The van der Waals surface area contributed by atoms with Gasteiger partial charge >= 0.3 is 5.97 Å². The molecule has 0 aromatic heterocycles. The second-order valence-electron chi connectivity index (χ2n) is 7.56. The summed E-state index contributed by atoms with van der Waals surface area (Å²) in [6, 6.07) is 13.6. The molecule has 0 aliphatic carbocycles. The Kier molecular flexibility index (Phi) is 6.25. The number of carbonyl (C=O) groups is 3. The highest BCUT2D eigenvalue weighted by Crippen LogP contribution is 2.28. The van der Waals surface area contributed by atoms with E-state index >= 15 is 0 Å². The molecule has 31 heavy (non-hydrogen) atoms. The molecule has 0 spiro atoms. The SMILES string of the molecule is CCOC(=O)c1ccc(N2C(=O)CC(N3CCN(c4cccc(Cl)c4)CC3)C2=O)cc1. The first-order valence-electron chi connectivity index (χ1n) is 10.4. The molecule has 8 heteroatoms. The van der Waals surface area contributed by atoms with E-state index in [1.54, 1.807) is 31.2 Å². The monoisotopic (exact) mass is 441 g/mol. The fourth-order valence-corrected chi connectivity index (χ4v) is 4.28. The summed E-state index contributed by atoms with van der Waals surface area (Å²) in [6.07, 6.45) is 0.162. The Morgan fingerprint density at radius 1 is 1.03 bits per heavy atom. The van der Waals surface area contributed by atoms with Gasteiger partial charge < -0.3 is 9.64 Å². The molecule has 2 saturated heterocycles. The zero-order valence-electron chi connectivity index (χ0n) is 17.3. The van der Waals surface area contributed by atoms with Crippen LogP contribution in [0.2, 0.25) is 5.02 Å². The van der Waals surface area contributed by atoms with Crippen molar-refractivity contribution in [2.45, 2.75) is 19.4 Å². The number of anilines is 2. The molecule has 2 aromatic rings. The van der Waals surface area contributed by atoms with Crippen molar-refractivity contribution in [1.82, 2.24) is 4.90 Å². The van der Waals surface area contributed by atoms with Gasteiger partial charge in [0.2, 0.25) is 5.91 Å². The summed E-state index contributed by atoms with van der Waals surface area (Å²) in [4.78, 5) is 43.1. The largest absolute Gasteiger partial charge is 0.462 e. The third-order valence-corrected chi connectivity index (χ3v) is 5.92. The second kappa shape index (κ2) is 9.08. The van der Waals surface area contributed by atoms with Gasteiger partial charge in [-0.25, -0.2) is 9.69 Å². The molecule has 1 unspecified atom stereocenters. The number of hydrogen-bond donors (Lipinski definition) is 0. The standard InChI is InChI=1S/C23H24ClN3O4/c1-2-31-23(30)16-6-8-18(9-7-16)27-21(28)15-20(22(27)29)26-12-10-25(11-13-26)19-5-3-4-17(24)14-19/h3-9,14,20H,2,10-13,15H2,1H3. The average Bonchev–Trinajstić information content (AvgIpc) is 3.08. The van der Waals surface area contributed by atoms with Gasteiger partial charge in [0.25, 0.3) is 5.91 Å². The molecule has 2 fully saturated rings. The lowest BCUT2D eigenvalue weighted by Gasteiger charge is -2.38. The summed E-state index contributed by atoms with van der Waals surface area (Å²) in [5.74, 6) is -0.871. The van der Waals surface area contributed by atoms with Crippen molar-refractivity contribution in [3.8, 4) is 0 Å². The average molecular weight is 442 g/mol. The fourth-order valence-electron chi connectivity index (χ4n) is 4.10. The van der Waals surface area contributed by atoms with Crippen molar-refractivity contribution < 1.29 is 19.1 Å². The highest BCUT2D eigenvalue weighted by atomic mass is 35.5. The van der Waals surface area contributed by atoms with Gasteiger partial charge in [0.15, 0.2) is 0 Å². The molecule has 2 aliphatic heterocycles. The first kappa shape index (κ1) is 21.3. The number of hydrogen-bond acceptors (Lipinski definition) is 6. The number of amides is 2. The van der Waals surface area contributed by atoms with Gasteiger partial charge in [0, 0.05) is 36.9 Å². The topological polar surface area (TPSA) is 70.2 Å². The number of nitrogens with zero attached hydrogens (tertiary/aromatic N) is 3. The maximum Gasteiger partial charge on any atom is 0.338 e. The number of rotatable bonds is 5. The normalized spacial score (nSPS) is 19.7. The van der Waals surface area contributed by atoms with Gasteiger partial charge in [0.1, 0.15) is 0 Å². The van der Waals surface area contributed by atoms with Gasteiger partial charge in [-0.3, -0.25) is 14.5 Å². The summed E-state index contributed by atoms with van der Waals surface area (Å²) in [6.45, 7) is 4.91. The Balaban J connectivity index is 1.41. The van der Waals surface area contributed by atoms with Crippen LogP contribution >= 0.6 is 11.6 Å². The lowest BCUT2D eigenvalue weighted by atomic mass is 10.1. The molecule has 0 N–H and O–H groups in total. The number of esters is 1. The zero-order valence-corrected chi connectivity index (χ0v) is 18.0. The molecule has 2 aromatic carbocycles. The fraction of sp³-hybridized carbons (Fsp3) is 0.348. The quantitative estimate of drug-likeness (QED) is 0.525. The molecule has 0 bridgehead atoms. The number of carbonyl (C=O) groups excluding carboxylic acids is 3. The number of piperazine rings is 1. The lowest BCUT2D eigenvalue weighted by Crippen LogP contribution is -2.52. The smallest absolute Gasteiger partial charge is 0.338 e. The van der Waals surface area contributed by atoms with Gasteiger partial charge in [-0.15, -0.1) is 0 Å². The van der Waals surface area contributed by atoms with Crippen molar-refractivity contribution >= 4 is 40.8 Å². The van der Waals surface area contributed by atoms with Crippen molar-refractivity contribution in [3.63, 3.8) is 0 Å². The van der Waals surface area contributed by atoms with Crippen LogP contribution in [-0.2, 0) is 14.3 Å². The molecule has 2 aliphatic rings. The van der Waals surface area contributed by atoms with E-state index in [4.69, 9.17) is 16.3 Å². The highest BCUT2D eigenvalue weighted by Gasteiger charge is 2.43. The van der Waals surface area contributed by atoms with Gasteiger partial charge in [-0.05, 0) is 49.4 Å². The van der Waals surface area contributed by atoms with E-state index in [0.29, 0.717) is 29.4 Å². The van der Waals surface area contributed by atoms with E-state index in [1.165, 1.54) is 4.90 Å². The first-order chi connectivity index (χ1) is 15.0. The summed E-state index contributed by atoms with van der Waals surface area (Å²) in [5, 5.41) is 0.695. The molecule has 2 amide bonds. The second-order valence-corrected chi connectivity index (χ2v) is 7.99. The lowest BCUT2D eigenvalue weighted by molar-refractivity contribution is -0.123. The van der Waals surface area contributed by atoms with E-state index < -0.39 is 12.0 Å². The molecular formula is C23H24ClN3O4. The third-order valence-electron chi connectivity index (χ3n) is 5.69. The van der Waals surface area contributed by atoms with Crippen LogP contribution < -0.4 is 9.80 Å². The van der Waals surface area contributed by atoms with Gasteiger partial charge in [-0.1, -0.05) is 17.7 Å². The molecule has 7 nitrogen and oxygen atoms in total. The summed E-state index contributed by atoms with van der Waals surface area (Å²) < 4.78 is 4.97. The number of ether oxygens (including phenoxy) is 1. The Hall–Kier alpha value is -2.90. The predicted octanol–water partition coefficient (Wildman–Crippen LogP) is 2.97. The van der Waals surface area contributed by atoms with E-state index in [-0.39, 0.29) is 24.8 Å². The van der Waals surface area contributed by atoms with Crippen molar-refractivity contribution in [3.05, 3.63) is 59.1 Å². The molecular weight excluding hydrogens is 418 g/mol. The minimum absolute atomic E-state index is 0.162. The van der Waals surface area contributed by atoms with Crippen LogP contribution in [0.15, 0.2) is 48.5 Å². The highest BCUT2D eigenvalue weighted by molar-refractivity contribution is 6.30. The van der Waals surface area contributed by atoms with Crippen molar-refractivity contribution in [1.29, 1.82) is 0 Å². The van der Waals surface area contributed by atoms with Crippen molar-refractivity contribution in [2.24, 2.45) is 0 Å². The van der Waals surface area contributed by atoms with Crippen LogP contribution in [-0.4, -0.2) is 61.5 Å². The van der Waals surface area contributed by atoms with Crippen LogP contribution in [0.25, 0.3) is 0 Å². The molecule has 0 radical (unpaired) electrons. The molecule has 162 valence electrons. The maximum absolute atomic E-state index is 13.1. The number of imide groups is 1. The molecule has 4 rings (SSSR count). The summed E-state index contributed by atoms with van der Waals surface area (Å²) >= 11 is 6.10. The Labute approximate surface area is 186 Å². The Morgan fingerprint density at radius 3 is 2.39 bits per heavy atom. The van der Waals surface area contributed by atoms with Crippen LogP contribution in [0.5, 0.6) is 0 Å². The Morgan fingerprint density at radius 2 is 1.74 bits per heavy atom. The molecule has 1 atom stereocenters. The van der Waals surface area contributed by atoms with Gasteiger partial charge in [0.05, 0.1) is 30.3 Å². The summed E-state index contributed by atoms with van der Waals surface area (Å²) in [5.41, 5.74) is 1.92. The summed E-state index contributed by atoms with van der Waals surface area (Å²) in [7, 11) is 0. The van der Waals surface area contributed by atoms with Crippen LogP contribution in [0.4, 0.5) is 11.4 Å².